The summed E-state index contributed by atoms with van der Waals surface area (Å²) in [6, 6.07) is 10.0. The van der Waals surface area contributed by atoms with Crippen molar-refractivity contribution in [2.24, 2.45) is 0 Å². The van der Waals surface area contributed by atoms with Crippen molar-refractivity contribution in [2.45, 2.75) is 36.2 Å². The van der Waals surface area contributed by atoms with Gasteiger partial charge < -0.3 is 19.5 Å². The average Bonchev–Trinajstić information content (AvgIpc) is 3.28. The summed E-state index contributed by atoms with van der Waals surface area (Å²) in [6.07, 6.45) is 2.52. The third-order valence-corrected chi connectivity index (χ3v) is 6.49. The number of pyridine rings is 1. The van der Waals surface area contributed by atoms with Crippen molar-refractivity contribution in [3.63, 3.8) is 0 Å². The summed E-state index contributed by atoms with van der Waals surface area (Å²) in [4.78, 5) is 29.1. The molecule has 1 fully saturated rings. The van der Waals surface area contributed by atoms with Gasteiger partial charge in [-0.3, -0.25) is 4.79 Å². The predicted octanol–water partition coefficient (Wildman–Crippen LogP) is 3.74. The van der Waals surface area contributed by atoms with Crippen molar-refractivity contribution in [2.75, 3.05) is 13.1 Å². The van der Waals surface area contributed by atoms with Gasteiger partial charge in [-0.1, -0.05) is 23.4 Å². The van der Waals surface area contributed by atoms with Crippen LogP contribution in [0, 0.1) is 0 Å². The van der Waals surface area contributed by atoms with Crippen LogP contribution in [0.4, 0.5) is 4.79 Å². The standard InChI is InChI=1S/C21H21ClN6O5S/c22-14-1-6-18(23-13-14)32-15-2-4-16(5-3-15)33-21(31)27-10-7-17(8-11-27)34-20-24-25-26-28(20)12-9-19(29)30/h1-6,13,17H,7-12H2,(H,29,30). The number of carbonyl (C=O) groups is 2. The molecule has 1 aliphatic heterocycles. The minimum absolute atomic E-state index is 0.0476. The number of likely N-dealkylation sites (tertiary alicyclic amines) is 1. The summed E-state index contributed by atoms with van der Waals surface area (Å²) < 4.78 is 12.6. The Morgan fingerprint density at radius 1 is 1.12 bits per heavy atom. The molecule has 178 valence electrons. The molecule has 34 heavy (non-hydrogen) atoms. The highest BCUT2D eigenvalue weighted by atomic mass is 35.5. The zero-order valence-corrected chi connectivity index (χ0v) is 19.5. The Hall–Kier alpha value is -3.38. The number of aryl methyl sites for hydroxylation is 1. The van der Waals surface area contributed by atoms with Crippen molar-refractivity contribution in [1.82, 2.24) is 30.1 Å². The number of ether oxygens (including phenoxy) is 2. The van der Waals surface area contributed by atoms with E-state index in [2.05, 4.69) is 20.5 Å². The molecule has 1 aromatic carbocycles. The first-order valence-electron chi connectivity index (χ1n) is 10.5. The summed E-state index contributed by atoms with van der Waals surface area (Å²) >= 11 is 7.32. The molecule has 0 saturated carbocycles. The van der Waals surface area contributed by atoms with E-state index in [1.807, 2.05) is 0 Å². The Balaban J connectivity index is 1.23. The molecule has 1 N–H and O–H groups in total. The number of piperidine rings is 1. The number of thioether (sulfide) groups is 1. The van der Waals surface area contributed by atoms with Crippen molar-refractivity contribution in [3.05, 3.63) is 47.6 Å². The zero-order chi connectivity index (χ0) is 23.9. The molecule has 11 nitrogen and oxygen atoms in total. The number of hydrogen-bond donors (Lipinski definition) is 1. The summed E-state index contributed by atoms with van der Waals surface area (Å²) in [5.41, 5.74) is 0. The number of carbonyl (C=O) groups excluding carboxylic acids is 1. The fourth-order valence-electron chi connectivity index (χ4n) is 3.21. The number of aromatic nitrogens is 5. The van der Waals surface area contributed by atoms with Crippen LogP contribution < -0.4 is 9.47 Å². The number of rotatable bonds is 8. The Morgan fingerprint density at radius 3 is 2.53 bits per heavy atom. The van der Waals surface area contributed by atoms with E-state index in [0.717, 1.165) is 12.8 Å². The van der Waals surface area contributed by atoms with Crippen LogP contribution in [0.2, 0.25) is 5.02 Å². The smallest absolute Gasteiger partial charge is 0.415 e. The van der Waals surface area contributed by atoms with E-state index in [1.165, 1.54) is 22.6 Å². The Labute approximate surface area is 204 Å². The van der Waals surface area contributed by atoms with E-state index in [0.29, 0.717) is 40.6 Å². The van der Waals surface area contributed by atoms with Gasteiger partial charge in [0.25, 0.3) is 0 Å². The van der Waals surface area contributed by atoms with Crippen LogP contribution in [0.25, 0.3) is 0 Å². The lowest BCUT2D eigenvalue weighted by Gasteiger charge is -2.30. The number of aliphatic carboxylic acids is 1. The first-order valence-corrected chi connectivity index (χ1v) is 11.7. The lowest BCUT2D eigenvalue weighted by molar-refractivity contribution is -0.137. The molecule has 0 unspecified atom stereocenters. The predicted molar refractivity (Wildman–Crippen MR) is 122 cm³/mol. The van der Waals surface area contributed by atoms with Gasteiger partial charge >= 0.3 is 12.1 Å². The molecule has 1 aliphatic rings. The fourth-order valence-corrected chi connectivity index (χ4v) is 4.40. The highest BCUT2D eigenvalue weighted by molar-refractivity contribution is 7.99. The number of tetrazole rings is 1. The molecular weight excluding hydrogens is 484 g/mol. The van der Waals surface area contributed by atoms with Crippen LogP contribution >= 0.6 is 23.4 Å². The SMILES string of the molecule is O=C(O)CCn1nnnc1SC1CCN(C(=O)Oc2ccc(Oc3ccc(Cl)cn3)cc2)CC1. The van der Waals surface area contributed by atoms with E-state index >= 15 is 0 Å². The molecule has 0 atom stereocenters. The molecule has 0 bridgehead atoms. The summed E-state index contributed by atoms with van der Waals surface area (Å²) in [7, 11) is 0. The number of carboxylic acids is 1. The second kappa shape index (κ2) is 11.2. The molecular formula is C21H21ClN6O5S. The molecule has 0 aliphatic carbocycles. The minimum atomic E-state index is -0.904. The van der Waals surface area contributed by atoms with E-state index < -0.39 is 12.1 Å². The molecule has 3 aromatic rings. The van der Waals surface area contributed by atoms with Gasteiger partial charge in [-0.25, -0.2) is 14.5 Å². The fraction of sp³-hybridized carbons (Fsp3) is 0.333. The van der Waals surface area contributed by atoms with Crippen LogP contribution in [-0.2, 0) is 11.3 Å². The number of hydrogen-bond acceptors (Lipinski definition) is 9. The van der Waals surface area contributed by atoms with Crippen LogP contribution in [-0.4, -0.2) is 65.6 Å². The van der Waals surface area contributed by atoms with Crippen LogP contribution in [0.3, 0.4) is 0 Å². The third-order valence-electron chi connectivity index (χ3n) is 4.96. The van der Waals surface area contributed by atoms with Gasteiger partial charge in [0.2, 0.25) is 11.0 Å². The summed E-state index contributed by atoms with van der Waals surface area (Å²) in [6.45, 7) is 1.29. The second-order valence-corrected chi connectivity index (χ2v) is 9.09. The first-order chi connectivity index (χ1) is 16.5. The zero-order valence-electron chi connectivity index (χ0n) is 17.9. The van der Waals surface area contributed by atoms with E-state index in [-0.39, 0.29) is 18.2 Å². The van der Waals surface area contributed by atoms with Crippen LogP contribution in [0.15, 0.2) is 47.8 Å². The largest absolute Gasteiger partial charge is 0.481 e. The van der Waals surface area contributed by atoms with Gasteiger partial charge in [-0.15, -0.1) is 5.10 Å². The van der Waals surface area contributed by atoms with Gasteiger partial charge in [0.1, 0.15) is 11.5 Å². The maximum atomic E-state index is 12.6. The van der Waals surface area contributed by atoms with Crippen LogP contribution in [0.5, 0.6) is 17.4 Å². The highest BCUT2D eigenvalue weighted by Gasteiger charge is 2.26. The van der Waals surface area contributed by atoms with Crippen molar-refractivity contribution < 1.29 is 24.2 Å². The molecule has 3 heterocycles. The van der Waals surface area contributed by atoms with Gasteiger partial charge in [-0.2, -0.15) is 0 Å². The molecule has 2 aromatic heterocycles. The van der Waals surface area contributed by atoms with Crippen LogP contribution in [0.1, 0.15) is 19.3 Å². The third kappa shape index (κ3) is 6.58. The monoisotopic (exact) mass is 504 g/mol. The second-order valence-electron chi connectivity index (χ2n) is 7.39. The Kier molecular flexibility index (Phi) is 7.80. The van der Waals surface area contributed by atoms with Crippen molar-refractivity contribution in [1.29, 1.82) is 0 Å². The molecule has 13 heteroatoms. The summed E-state index contributed by atoms with van der Waals surface area (Å²) in [5, 5.41) is 21.6. The first kappa shape index (κ1) is 23.8. The van der Waals surface area contributed by atoms with E-state index in [4.69, 9.17) is 26.2 Å². The normalized spacial score (nSPS) is 14.1. The lowest BCUT2D eigenvalue weighted by atomic mass is 10.1. The number of carboxylic acid groups (broad SMARTS) is 1. The Bertz CT molecular complexity index is 1120. The maximum Gasteiger partial charge on any atom is 0.415 e. The quantitative estimate of drug-likeness (QED) is 0.483. The maximum absolute atomic E-state index is 12.6. The molecule has 1 saturated heterocycles. The molecule has 4 rings (SSSR count). The average molecular weight is 505 g/mol. The topological polar surface area (TPSA) is 133 Å². The van der Waals surface area contributed by atoms with Gasteiger partial charge in [0.15, 0.2) is 0 Å². The lowest BCUT2D eigenvalue weighted by Crippen LogP contribution is -2.41. The summed E-state index contributed by atoms with van der Waals surface area (Å²) in [5.74, 6) is 0.471. The number of amides is 1. The van der Waals surface area contributed by atoms with Gasteiger partial charge in [0, 0.05) is 30.6 Å². The van der Waals surface area contributed by atoms with E-state index in [1.54, 1.807) is 41.3 Å². The Morgan fingerprint density at radius 2 is 1.85 bits per heavy atom. The number of halogens is 1. The number of benzene rings is 1. The molecule has 0 radical (unpaired) electrons. The molecule has 0 spiro atoms. The minimum Gasteiger partial charge on any atom is -0.481 e. The highest BCUT2D eigenvalue weighted by Crippen LogP contribution is 2.29. The number of nitrogens with zero attached hydrogens (tertiary/aromatic N) is 6. The van der Waals surface area contributed by atoms with Gasteiger partial charge in [0.05, 0.1) is 18.0 Å². The van der Waals surface area contributed by atoms with E-state index in [9.17, 15) is 9.59 Å². The molecule has 1 amide bonds. The van der Waals surface area contributed by atoms with Gasteiger partial charge in [-0.05, 0) is 53.6 Å². The van der Waals surface area contributed by atoms with Crippen molar-refractivity contribution in [3.8, 4) is 17.4 Å². The van der Waals surface area contributed by atoms with Crippen molar-refractivity contribution >= 4 is 35.4 Å².